The van der Waals surface area contributed by atoms with Crippen molar-refractivity contribution < 1.29 is 19.2 Å². The van der Waals surface area contributed by atoms with Crippen molar-refractivity contribution in [3.8, 4) is 0 Å². The van der Waals surface area contributed by atoms with E-state index in [0.717, 1.165) is 58.0 Å². The first-order valence-electron chi connectivity index (χ1n) is 12.8. The molecule has 0 bridgehead atoms. The van der Waals surface area contributed by atoms with E-state index in [2.05, 4.69) is 39.7 Å². The van der Waals surface area contributed by atoms with Crippen LogP contribution in [0.15, 0.2) is 0 Å². The second kappa shape index (κ2) is 13.0. The zero-order chi connectivity index (χ0) is 25.4. The van der Waals surface area contributed by atoms with Gasteiger partial charge in [-0.1, -0.05) is 32.6 Å². The molecule has 35 heavy (non-hydrogen) atoms. The number of hydrazine groups is 1. The Bertz CT molecular complexity index is 853. The fourth-order valence-electron chi connectivity index (χ4n) is 5.36. The molecule has 11 heteroatoms. The third kappa shape index (κ3) is 7.47. The van der Waals surface area contributed by atoms with Crippen LogP contribution in [0.4, 0.5) is 16.0 Å². The summed E-state index contributed by atoms with van der Waals surface area (Å²) in [6.45, 7) is 6.23. The number of halogens is 1. The topological polar surface area (TPSA) is 114 Å². The van der Waals surface area contributed by atoms with Gasteiger partial charge in [-0.3, -0.25) is 25.6 Å². The SMILES string of the molecule is CCCN(C)C[C@@H]1CCCN1c1nc(C)nc(NNC(=O)[C@@H](CC2CCCC2)CN(O)C=O)c1F. The van der Waals surface area contributed by atoms with Crippen molar-refractivity contribution in [2.45, 2.75) is 71.3 Å². The van der Waals surface area contributed by atoms with Crippen LogP contribution < -0.4 is 15.8 Å². The lowest BCUT2D eigenvalue weighted by Gasteiger charge is -2.30. The van der Waals surface area contributed by atoms with E-state index in [-0.39, 0.29) is 30.6 Å². The molecule has 1 aromatic rings. The number of nitrogens with one attached hydrogen (secondary N) is 2. The molecule has 196 valence electrons. The van der Waals surface area contributed by atoms with Crippen molar-refractivity contribution in [2.75, 3.05) is 43.6 Å². The maximum absolute atomic E-state index is 15.5. The van der Waals surface area contributed by atoms with Gasteiger partial charge in [0.1, 0.15) is 5.82 Å². The smallest absolute Gasteiger partial charge is 0.243 e. The normalized spacial score (nSPS) is 19.3. The average Bonchev–Trinajstić information content (AvgIpc) is 3.51. The van der Waals surface area contributed by atoms with Crippen LogP contribution >= 0.6 is 0 Å². The highest BCUT2D eigenvalue weighted by atomic mass is 19.1. The zero-order valence-electron chi connectivity index (χ0n) is 21.2. The standard InChI is InChI=1S/C24H40FN7O3/c1-4-11-30(3)15-20-10-7-12-32(20)23-21(25)22(26-17(2)27-23)28-29-24(34)19(14-31(35)16-33)13-18-8-5-6-9-18/h16,18-20,35H,4-15H2,1-3H3,(H,29,34)(H,26,27,28)/t19-,20-/m0/s1. The number of carbonyl (C=O) groups is 2. The first-order valence-corrected chi connectivity index (χ1v) is 12.8. The van der Waals surface area contributed by atoms with Crippen LogP contribution in [-0.4, -0.2) is 76.7 Å². The molecule has 0 unspecified atom stereocenters. The molecule has 2 atom stereocenters. The van der Waals surface area contributed by atoms with Gasteiger partial charge >= 0.3 is 0 Å². The van der Waals surface area contributed by atoms with Crippen molar-refractivity contribution in [1.29, 1.82) is 0 Å². The number of carbonyl (C=O) groups excluding carboxylic acids is 2. The first kappa shape index (κ1) is 27.1. The minimum absolute atomic E-state index is 0.0933. The van der Waals surface area contributed by atoms with Gasteiger partial charge in [-0.05, 0) is 52.1 Å². The quantitative estimate of drug-likeness (QED) is 0.218. The molecule has 0 spiro atoms. The van der Waals surface area contributed by atoms with E-state index >= 15 is 4.39 Å². The van der Waals surface area contributed by atoms with Crippen molar-refractivity contribution in [2.24, 2.45) is 11.8 Å². The fraction of sp³-hybridized carbons (Fsp3) is 0.750. The molecule has 0 radical (unpaired) electrons. The van der Waals surface area contributed by atoms with E-state index < -0.39 is 17.6 Å². The number of hydrogen-bond acceptors (Lipinski definition) is 8. The van der Waals surface area contributed by atoms with E-state index in [1.165, 1.54) is 0 Å². The summed E-state index contributed by atoms with van der Waals surface area (Å²) in [7, 11) is 2.07. The number of anilines is 2. The van der Waals surface area contributed by atoms with Gasteiger partial charge in [-0.2, -0.15) is 4.39 Å². The Balaban J connectivity index is 1.70. The summed E-state index contributed by atoms with van der Waals surface area (Å²) in [4.78, 5) is 36.6. The predicted molar refractivity (Wildman–Crippen MR) is 131 cm³/mol. The molecule has 3 N–H and O–H groups in total. The number of likely N-dealkylation sites (N-methyl/N-ethyl adjacent to an activating group) is 1. The number of amides is 2. The van der Waals surface area contributed by atoms with Crippen molar-refractivity contribution in [3.05, 3.63) is 11.6 Å². The second-order valence-corrected chi connectivity index (χ2v) is 9.93. The molecule has 2 fully saturated rings. The van der Waals surface area contributed by atoms with Gasteiger partial charge in [-0.15, -0.1) is 0 Å². The summed E-state index contributed by atoms with van der Waals surface area (Å²) in [6.07, 6.45) is 8.11. The Kier molecular flexibility index (Phi) is 10.0. The van der Waals surface area contributed by atoms with Gasteiger partial charge in [-0.25, -0.2) is 15.0 Å². The number of aromatic nitrogens is 2. The van der Waals surface area contributed by atoms with E-state index in [4.69, 9.17) is 0 Å². The van der Waals surface area contributed by atoms with Gasteiger partial charge in [0, 0.05) is 19.1 Å². The summed E-state index contributed by atoms with van der Waals surface area (Å²) < 4.78 is 15.5. The lowest BCUT2D eigenvalue weighted by molar-refractivity contribution is -0.154. The Morgan fingerprint density at radius 1 is 1.29 bits per heavy atom. The highest BCUT2D eigenvalue weighted by Crippen LogP contribution is 2.31. The second-order valence-electron chi connectivity index (χ2n) is 9.93. The summed E-state index contributed by atoms with van der Waals surface area (Å²) >= 11 is 0. The third-order valence-corrected chi connectivity index (χ3v) is 7.02. The van der Waals surface area contributed by atoms with E-state index in [1.807, 2.05) is 4.90 Å². The largest absolute Gasteiger partial charge is 0.350 e. The van der Waals surface area contributed by atoms with E-state index in [1.54, 1.807) is 6.92 Å². The molecule has 10 nitrogen and oxygen atoms in total. The molecular formula is C24H40FN7O3. The molecule has 1 saturated carbocycles. The Hall–Kier alpha value is -2.53. The third-order valence-electron chi connectivity index (χ3n) is 7.02. The Labute approximate surface area is 207 Å². The molecule has 1 aromatic heterocycles. The highest BCUT2D eigenvalue weighted by molar-refractivity contribution is 5.80. The van der Waals surface area contributed by atoms with Gasteiger partial charge in [0.05, 0.1) is 12.5 Å². The van der Waals surface area contributed by atoms with Crippen molar-refractivity contribution in [1.82, 2.24) is 25.4 Å². The summed E-state index contributed by atoms with van der Waals surface area (Å²) in [5, 5.41) is 10.2. The molecule has 1 aliphatic carbocycles. The molecule has 2 aliphatic rings. The lowest BCUT2D eigenvalue weighted by atomic mass is 9.92. The maximum Gasteiger partial charge on any atom is 0.243 e. The van der Waals surface area contributed by atoms with Crippen LogP contribution in [0.1, 0.15) is 64.1 Å². The van der Waals surface area contributed by atoms with E-state index in [9.17, 15) is 14.8 Å². The zero-order valence-corrected chi connectivity index (χ0v) is 21.2. The minimum atomic E-state index is -0.622. The minimum Gasteiger partial charge on any atom is -0.350 e. The monoisotopic (exact) mass is 493 g/mol. The number of rotatable bonds is 13. The summed E-state index contributed by atoms with van der Waals surface area (Å²) in [5.74, 6) is -0.733. The Morgan fingerprint density at radius 3 is 2.71 bits per heavy atom. The van der Waals surface area contributed by atoms with Crippen LogP contribution in [0, 0.1) is 24.6 Å². The maximum atomic E-state index is 15.5. The molecule has 1 saturated heterocycles. The van der Waals surface area contributed by atoms with Crippen LogP contribution in [0.25, 0.3) is 0 Å². The number of hydroxylamine groups is 2. The van der Waals surface area contributed by atoms with Gasteiger partial charge in [0.15, 0.2) is 11.6 Å². The summed E-state index contributed by atoms with van der Waals surface area (Å²) in [6, 6.07) is 0.160. The predicted octanol–water partition coefficient (Wildman–Crippen LogP) is 2.72. The average molecular weight is 494 g/mol. The fourth-order valence-corrected chi connectivity index (χ4v) is 5.36. The van der Waals surface area contributed by atoms with Crippen molar-refractivity contribution >= 4 is 24.0 Å². The Morgan fingerprint density at radius 2 is 2.03 bits per heavy atom. The number of nitrogens with zero attached hydrogens (tertiary/aromatic N) is 5. The van der Waals surface area contributed by atoms with Crippen LogP contribution in [0.3, 0.4) is 0 Å². The highest BCUT2D eigenvalue weighted by Gasteiger charge is 2.31. The molecular weight excluding hydrogens is 453 g/mol. The van der Waals surface area contributed by atoms with E-state index in [0.29, 0.717) is 29.8 Å². The molecule has 2 amide bonds. The van der Waals surface area contributed by atoms with Gasteiger partial charge in [0.25, 0.3) is 0 Å². The molecule has 1 aliphatic heterocycles. The van der Waals surface area contributed by atoms with Gasteiger partial charge < -0.3 is 9.80 Å². The molecule has 2 heterocycles. The lowest BCUT2D eigenvalue weighted by Crippen LogP contribution is -2.42. The molecule has 0 aromatic carbocycles. The number of aryl methyl sites for hydroxylation is 1. The van der Waals surface area contributed by atoms with Crippen molar-refractivity contribution in [3.63, 3.8) is 0 Å². The van der Waals surface area contributed by atoms with Crippen LogP contribution in [0.5, 0.6) is 0 Å². The molecule has 3 rings (SSSR count). The van der Waals surface area contributed by atoms with Crippen LogP contribution in [0.2, 0.25) is 0 Å². The summed E-state index contributed by atoms with van der Waals surface area (Å²) in [5.41, 5.74) is 5.19. The van der Waals surface area contributed by atoms with Gasteiger partial charge in [0.2, 0.25) is 18.1 Å². The first-order chi connectivity index (χ1) is 16.8. The van der Waals surface area contributed by atoms with Crippen LogP contribution in [-0.2, 0) is 9.59 Å². The number of hydrogen-bond donors (Lipinski definition) is 3.